The van der Waals surface area contributed by atoms with Crippen molar-refractivity contribution in [2.45, 2.75) is 45.2 Å². The van der Waals surface area contributed by atoms with E-state index in [1.807, 2.05) is 13.8 Å². The largest absolute Gasteiger partial charge is 0.492 e. The maximum absolute atomic E-state index is 12.4. The van der Waals surface area contributed by atoms with E-state index in [2.05, 4.69) is 0 Å². The molecule has 9 heteroatoms. The van der Waals surface area contributed by atoms with Crippen molar-refractivity contribution in [2.24, 2.45) is 5.92 Å². The highest BCUT2D eigenvalue weighted by molar-refractivity contribution is 5.75. The molecule has 4 N–H and O–H groups in total. The van der Waals surface area contributed by atoms with Crippen LogP contribution in [-0.2, 0) is 9.73 Å². The molecule has 22 heavy (non-hydrogen) atoms. The van der Waals surface area contributed by atoms with Crippen LogP contribution in [0.25, 0.3) is 0 Å². The lowest BCUT2D eigenvalue weighted by molar-refractivity contribution is -0.338. The number of hydrogen-bond donors (Lipinski definition) is 4. The van der Waals surface area contributed by atoms with Gasteiger partial charge in [0.25, 0.3) is 0 Å². The highest BCUT2D eigenvalue weighted by Crippen LogP contribution is 2.45. The first-order chi connectivity index (χ1) is 10.1. The van der Waals surface area contributed by atoms with E-state index >= 15 is 0 Å². The first kappa shape index (κ1) is 16.6. The zero-order valence-electron chi connectivity index (χ0n) is 12.9. The normalized spacial score (nSPS) is 23.6. The van der Waals surface area contributed by atoms with Gasteiger partial charge in [0, 0.05) is 17.7 Å². The summed E-state index contributed by atoms with van der Waals surface area (Å²) < 4.78 is 0.652. The molecular formula is C13H21N3O6. The second-order valence-corrected chi connectivity index (χ2v) is 6.45. The molecule has 0 aromatic carbocycles. The highest BCUT2D eigenvalue weighted by atomic mass is 16.9. The molecular weight excluding hydrogens is 294 g/mol. The third-order valence-corrected chi connectivity index (χ3v) is 4.03. The number of nitrogens with zero attached hydrogens (tertiary/aromatic N) is 2. The lowest BCUT2D eigenvalue weighted by Gasteiger charge is -2.38. The van der Waals surface area contributed by atoms with Gasteiger partial charge in [-0.3, -0.25) is 5.21 Å². The maximum Gasteiger partial charge on any atom is 0.338 e. The minimum atomic E-state index is -0.797. The fourth-order valence-electron chi connectivity index (χ4n) is 3.06. The maximum atomic E-state index is 12.4. The molecule has 1 unspecified atom stereocenters. The van der Waals surface area contributed by atoms with Crippen molar-refractivity contribution in [3.8, 4) is 11.8 Å². The number of carbonyl (C=O) groups excluding carboxylic acids is 1. The second-order valence-electron chi connectivity index (χ2n) is 6.45. The Morgan fingerprint density at radius 1 is 1.27 bits per heavy atom. The molecule has 1 aliphatic heterocycles. The summed E-state index contributed by atoms with van der Waals surface area (Å²) in [6.07, 6.45) is 0.392. The molecule has 124 valence electrons. The molecule has 1 aliphatic rings. The molecule has 1 fully saturated rings. The molecule has 1 saturated heterocycles. The predicted molar refractivity (Wildman–Crippen MR) is 73.5 cm³/mol. The van der Waals surface area contributed by atoms with Crippen LogP contribution in [0.3, 0.4) is 0 Å². The summed E-state index contributed by atoms with van der Waals surface area (Å²) in [4.78, 5) is 22.5. The Morgan fingerprint density at radius 3 is 2.32 bits per heavy atom. The molecule has 2 rings (SSSR count). The first-order valence-corrected chi connectivity index (χ1v) is 6.79. The van der Waals surface area contributed by atoms with Crippen LogP contribution in [0.4, 0.5) is 0 Å². The molecule has 1 aromatic rings. The fourth-order valence-corrected chi connectivity index (χ4v) is 3.06. The van der Waals surface area contributed by atoms with Crippen LogP contribution in [0.1, 0.15) is 34.1 Å². The fraction of sp³-hybridized carbons (Fsp3) is 0.615. The monoisotopic (exact) mass is 315 g/mol. The van der Waals surface area contributed by atoms with Gasteiger partial charge in [-0.1, -0.05) is 5.64 Å². The number of carbonyl (C=O) groups is 1. The van der Waals surface area contributed by atoms with E-state index in [-0.39, 0.29) is 11.8 Å². The predicted octanol–water partition coefficient (Wildman–Crippen LogP) is 0.559. The van der Waals surface area contributed by atoms with E-state index in [0.717, 1.165) is 0 Å². The quantitative estimate of drug-likeness (QED) is 0.596. The summed E-state index contributed by atoms with van der Waals surface area (Å²) >= 11 is 0. The van der Waals surface area contributed by atoms with Crippen LogP contribution >= 0.6 is 0 Å². The van der Waals surface area contributed by atoms with Crippen molar-refractivity contribution in [3.63, 3.8) is 0 Å². The van der Waals surface area contributed by atoms with Gasteiger partial charge in [-0.05, 0) is 34.1 Å². The van der Waals surface area contributed by atoms with Crippen LogP contribution in [0.5, 0.6) is 11.8 Å². The zero-order chi connectivity index (χ0) is 16.7. The van der Waals surface area contributed by atoms with Gasteiger partial charge >= 0.3 is 5.97 Å². The molecule has 0 saturated carbocycles. The van der Waals surface area contributed by atoms with Crippen molar-refractivity contribution >= 4 is 5.97 Å². The zero-order valence-corrected chi connectivity index (χ0v) is 12.9. The minimum absolute atomic E-state index is 0.383. The summed E-state index contributed by atoms with van der Waals surface area (Å²) in [6, 6.07) is 2.41. The van der Waals surface area contributed by atoms with Gasteiger partial charge in [0.2, 0.25) is 11.8 Å². The molecule has 1 atom stereocenters. The Labute approximate surface area is 127 Å². The molecule has 1 aromatic heterocycles. The third kappa shape index (κ3) is 2.63. The van der Waals surface area contributed by atoms with Gasteiger partial charge in [-0.25, -0.2) is 4.79 Å². The smallest absolute Gasteiger partial charge is 0.338 e. The second kappa shape index (κ2) is 5.43. The highest BCUT2D eigenvalue weighted by Gasteiger charge is 2.57. The van der Waals surface area contributed by atoms with Gasteiger partial charge in [-0.2, -0.15) is 10.0 Å². The minimum Gasteiger partial charge on any atom is -0.492 e. The van der Waals surface area contributed by atoms with Crippen molar-refractivity contribution in [2.75, 3.05) is 0 Å². The number of hydroxylamine groups is 2. The van der Waals surface area contributed by atoms with E-state index in [0.29, 0.717) is 11.2 Å². The topological polar surface area (TPSA) is 116 Å². The molecule has 0 radical (unpaired) electrons. The van der Waals surface area contributed by atoms with Crippen LogP contribution in [-0.4, -0.2) is 42.3 Å². The standard InChI is InChI=1S/C13H21N3O6/c1-12(2)7-8(13(3,4)16(12)22-14-20)11(19)21-15-9(17)5-6-10(15)18/h5-6,8,14,17-18,20H,7H2,1-4H3. The Hall–Kier alpha value is -1.81. The van der Waals surface area contributed by atoms with E-state index in [1.54, 1.807) is 19.5 Å². The third-order valence-electron chi connectivity index (χ3n) is 4.03. The van der Waals surface area contributed by atoms with E-state index in [4.69, 9.17) is 15.0 Å². The summed E-state index contributed by atoms with van der Waals surface area (Å²) in [5, 5.41) is 29.3. The van der Waals surface area contributed by atoms with Crippen molar-refractivity contribution in [1.29, 1.82) is 0 Å². The van der Waals surface area contributed by atoms with Gasteiger partial charge in [0.15, 0.2) is 0 Å². The number of hydrogen-bond acceptors (Lipinski definition) is 8. The summed E-state index contributed by atoms with van der Waals surface area (Å²) in [5.41, 5.74) is 0.284. The molecule has 0 bridgehead atoms. The average molecular weight is 315 g/mol. The van der Waals surface area contributed by atoms with E-state index in [1.165, 1.54) is 17.2 Å². The van der Waals surface area contributed by atoms with Crippen molar-refractivity contribution < 1.29 is 30.0 Å². The Morgan fingerprint density at radius 2 is 1.82 bits per heavy atom. The van der Waals surface area contributed by atoms with Crippen molar-refractivity contribution in [3.05, 3.63) is 12.1 Å². The number of nitrogens with one attached hydrogen (secondary N) is 1. The van der Waals surface area contributed by atoms with Gasteiger partial charge in [0.1, 0.15) is 0 Å². The molecule has 0 amide bonds. The van der Waals surface area contributed by atoms with Crippen LogP contribution in [0.15, 0.2) is 12.1 Å². The molecule has 0 aliphatic carbocycles. The summed E-state index contributed by atoms with van der Waals surface area (Å²) in [6.45, 7) is 7.23. The molecule has 9 nitrogen and oxygen atoms in total. The SMILES string of the molecule is CC1(C)CC(C(=O)On2c(O)ccc2O)C(C)(C)N1ONO. The lowest BCUT2D eigenvalue weighted by atomic mass is 9.87. The van der Waals surface area contributed by atoms with Gasteiger partial charge in [-0.15, -0.1) is 4.73 Å². The van der Waals surface area contributed by atoms with Crippen molar-refractivity contribution in [1.82, 2.24) is 15.4 Å². The molecule has 2 heterocycles. The van der Waals surface area contributed by atoms with Gasteiger partial charge in [0.05, 0.1) is 11.5 Å². The number of aromatic hydroxyl groups is 2. The Kier molecular flexibility index (Phi) is 4.09. The summed E-state index contributed by atoms with van der Waals surface area (Å²) in [7, 11) is 0. The van der Waals surface area contributed by atoms with E-state index < -0.39 is 23.0 Å². The molecule has 0 spiro atoms. The van der Waals surface area contributed by atoms with Crippen LogP contribution < -0.4 is 10.5 Å². The summed E-state index contributed by atoms with van der Waals surface area (Å²) in [5.74, 6) is -2.02. The van der Waals surface area contributed by atoms with E-state index in [9.17, 15) is 15.0 Å². The van der Waals surface area contributed by atoms with Gasteiger partial charge < -0.3 is 15.1 Å². The Balaban J connectivity index is 2.23. The van der Waals surface area contributed by atoms with Crippen LogP contribution in [0, 0.1) is 5.92 Å². The lowest BCUT2D eigenvalue weighted by Crippen LogP contribution is -2.52. The Bertz CT molecular complexity index is 549. The number of aromatic nitrogens is 1. The average Bonchev–Trinajstić information content (AvgIpc) is 2.81. The first-order valence-electron chi connectivity index (χ1n) is 6.79. The number of rotatable bonds is 4. The van der Waals surface area contributed by atoms with Crippen LogP contribution in [0.2, 0.25) is 0 Å².